The van der Waals surface area contributed by atoms with Crippen LogP contribution in [0, 0.1) is 0 Å². The fourth-order valence-corrected chi connectivity index (χ4v) is 4.25. The van der Waals surface area contributed by atoms with Gasteiger partial charge in [0.1, 0.15) is 5.02 Å². The number of fused-ring (bicyclic) bond motifs is 1. The molecule has 0 bridgehead atoms. The Bertz CT molecular complexity index is 1410. The van der Waals surface area contributed by atoms with Crippen molar-refractivity contribution in [2.24, 2.45) is 0 Å². The Morgan fingerprint density at radius 1 is 1.11 bits per heavy atom. The average Bonchev–Trinajstić information content (AvgIpc) is 3.29. The molecule has 4 N–H and O–H groups in total. The number of nitrogens with zero attached hydrogens (tertiary/aromatic N) is 4. The van der Waals surface area contributed by atoms with Crippen LogP contribution in [0.1, 0.15) is 5.56 Å². The number of thiol groups is 1. The molecule has 0 unspecified atom stereocenters. The molecule has 4 aromatic rings. The number of rotatable bonds is 8. The number of ether oxygens (including phenoxy) is 1. The smallest absolute Gasteiger partial charge is 0.229 e. The molecule has 0 amide bonds. The van der Waals surface area contributed by atoms with Gasteiger partial charge in [-0.3, -0.25) is 5.10 Å². The van der Waals surface area contributed by atoms with Crippen LogP contribution in [-0.4, -0.2) is 54.9 Å². The van der Waals surface area contributed by atoms with E-state index in [4.69, 9.17) is 16.3 Å². The normalized spacial score (nSPS) is 13.9. The van der Waals surface area contributed by atoms with Gasteiger partial charge in [0.2, 0.25) is 16.8 Å². The first kappa shape index (κ1) is 23.3. The number of nitrogens with one attached hydrogen (secondary N) is 4. The summed E-state index contributed by atoms with van der Waals surface area (Å²) >= 11 is 6.33. The molecule has 11 nitrogen and oxygen atoms in total. The molecule has 1 saturated heterocycles. The van der Waals surface area contributed by atoms with E-state index < -0.39 is 10.9 Å². The van der Waals surface area contributed by atoms with Gasteiger partial charge < -0.3 is 20.3 Å². The molecule has 0 radical (unpaired) electrons. The summed E-state index contributed by atoms with van der Waals surface area (Å²) in [6.45, 7) is 3.15. The van der Waals surface area contributed by atoms with Crippen molar-refractivity contribution in [2.75, 3.05) is 41.8 Å². The highest BCUT2D eigenvalue weighted by Crippen LogP contribution is 2.29. The molecule has 1 aliphatic heterocycles. The molecule has 13 heteroatoms. The number of anilines is 5. The largest absolute Gasteiger partial charge is 0.378 e. The van der Waals surface area contributed by atoms with Crippen LogP contribution in [-0.2, 0) is 22.2 Å². The number of aromatic amines is 1. The summed E-state index contributed by atoms with van der Waals surface area (Å²) in [6, 6.07) is 13.2. The maximum absolute atomic E-state index is 10.9. The first-order valence-electron chi connectivity index (χ1n) is 10.9. The molecule has 1 aliphatic rings. The van der Waals surface area contributed by atoms with Gasteiger partial charge in [-0.2, -0.15) is 10.1 Å². The second-order valence-corrected chi connectivity index (χ2v) is 9.03. The van der Waals surface area contributed by atoms with Crippen molar-refractivity contribution in [3.63, 3.8) is 0 Å². The third-order valence-corrected chi connectivity index (χ3v) is 6.22. The van der Waals surface area contributed by atoms with Gasteiger partial charge in [0.15, 0.2) is 11.6 Å². The van der Waals surface area contributed by atoms with E-state index >= 15 is 0 Å². The lowest BCUT2D eigenvalue weighted by molar-refractivity contribution is 0.122. The molecule has 182 valence electrons. The summed E-state index contributed by atoms with van der Waals surface area (Å²) in [5, 5.41) is 15.3. The fraction of sp³-hybridized carbons (Fsp3) is 0.227. The van der Waals surface area contributed by atoms with E-state index in [1.807, 2.05) is 42.5 Å². The van der Waals surface area contributed by atoms with E-state index in [9.17, 15) is 8.42 Å². The van der Waals surface area contributed by atoms with Crippen molar-refractivity contribution in [1.82, 2.24) is 24.9 Å². The van der Waals surface area contributed by atoms with Crippen LogP contribution in [0.5, 0.6) is 0 Å². The Kier molecular flexibility index (Phi) is 6.95. The number of morpholine rings is 1. The number of benzene rings is 2. The summed E-state index contributed by atoms with van der Waals surface area (Å²) in [5.41, 5.74) is 3.10. The van der Waals surface area contributed by atoms with Crippen LogP contribution in [0.4, 0.5) is 29.0 Å². The van der Waals surface area contributed by atoms with Crippen LogP contribution < -0.4 is 20.3 Å². The summed E-state index contributed by atoms with van der Waals surface area (Å²) in [4.78, 5) is 11.0. The molecule has 0 spiro atoms. The fourth-order valence-electron chi connectivity index (χ4n) is 3.82. The second kappa shape index (κ2) is 10.4. The van der Waals surface area contributed by atoms with Crippen molar-refractivity contribution in [1.29, 1.82) is 0 Å². The molecule has 1 fully saturated rings. The minimum atomic E-state index is -2.71. The summed E-state index contributed by atoms with van der Waals surface area (Å²) < 4.78 is 29.7. The first-order valence-corrected chi connectivity index (χ1v) is 12.5. The van der Waals surface area contributed by atoms with Gasteiger partial charge in [-0.15, -0.1) is 0 Å². The molecule has 0 aliphatic carbocycles. The van der Waals surface area contributed by atoms with E-state index in [0.29, 0.717) is 35.7 Å². The molecule has 5 rings (SSSR count). The minimum absolute atomic E-state index is 0.145. The standard InChI is InChI=1S/C22H23ClN8O3S/c23-17-13-24-22(28-20(17)27-18-4-2-1-3-14(18)12-25-35(32)33)26-15-5-6-16-19(11-15)29-30-21(16)31-7-9-34-10-8-31/h1-6,11,13,35H,7-10,12H2,(H,29,30)(H,25,32,33)(H2,24,26,27,28). The average molecular weight is 515 g/mol. The Labute approximate surface area is 208 Å². The van der Waals surface area contributed by atoms with Crippen LogP contribution >= 0.6 is 11.6 Å². The topological polar surface area (TPSA) is 137 Å². The Hall–Kier alpha value is -3.45. The van der Waals surface area contributed by atoms with Crippen molar-refractivity contribution < 1.29 is 13.2 Å². The van der Waals surface area contributed by atoms with Gasteiger partial charge in [0.05, 0.1) is 24.9 Å². The molecule has 2 aromatic heterocycles. The van der Waals surface area contributed by atoms with Crippen LogP contribution in [0.25, 0.3) is 10.9 Å². The van der Waals surface area contributed by atoms with E-state index in [2.05, 4.69) is 40.4 Å². The zero-order valence-electron chi connectivity index (χ0n) is 18.5. The SMILES string of the molecule is O=[SH](=O)NCc1ccccc1Nc1nc(Nc2ccc3c(N4CCOCC4)n[nH]c3c2)ncc1Cl. The zero-order valence-corrected chi connectivity index (χ0v) is 20.1. The van der Waals surface area contributed by atoms with Crippen molar-refractivity contribution in [3.05, 3.63) is 59.2 Å². The van der Waals surface area contributed by atoms with Crippen molar-refractivity contribution in [2.45, 2.75) is 6.54 Å². The number of hydrogen-bond acceptors (Lipinski definition) is 9. The Morgan fingerprint density at radius 2 is 1.94 bits per heavy atom. The summed E-state index contributed by atoms with van der Waals surface area (Å²) in [6.07, 6.45) is 1.50. The number of H-pyrrole nitrogens is 1. The summed E-state index contributed by atoms with van der Waals surface area (Å²) in [7, 11) is -2.71. The van der Waals surface area contributed by atoms with E-state index in [-0.39, 0.29) is 6.54 Å². The number of hydrogen-bond donors (Lipinski definition) is 5. The van der Waals surface area contributed by atoms with E-state index in [1.165, 1.54) is 6.20 Å². The maximum atomic E-state index is 10.9. The van der Waals surface area contributed by atoms with E-state index in [0.717, 1.165) is 41.1 Å². The van der Waals surface area contributed by atoms with Crippen LogP contribution in [0.15, 0.2) is 48.7 Å². The monoisotopic (exact) mass is 514 g/mol. The maximum Gasteiger partial charge on any atom is 0.229 e. The van der Waals surface area contributed by atoms with Gasteiger partial charge in [0, 0.05) is 36.4 Å². The summed E-state index contributed by atoms with van der Waals surface area (Å²) in [5.74, 6) is 1.65. The lowest BCUT2D eigenvalue weighted by Crippen LogP contribution is -2.36. The molecule has 0 saturated carbocycles. The molecular weight excluding hydrogens is 492 g/mol. The highest BCUT2D eigenvalue weighted by atomic mass is 35.5. The number of aromatic nitrogens is 4. The number of para-hydroxylation sites is 1. The van der Waals surface area contributed by atoms with Gasteiger partial charge in [0.25, 0.3) is 0 Å². The predicted octanol–water partition coefficient (Wildman–Crippen LogP) is 2.95. The van der Waals surface area contributed by atoms with Gasteiger partial charge >= 0.3 is 0 Å². The van der Waals surface area contributed by atoms with Crippen LogP contribution in [0.3, 0.4) is 0 Å². The third-order valence-electron chi connectivity index (χ3n) is 5.52. The molecule has 0 atom stereocenters. The molecule has 2 aromatic carbocycles. The highest BCUT2D eigenvalue weighted by Gasteiger charge is 2.17. The molecular formula is C22H23ClN8O3S. The van der Waals surface area contributed by atoms with Crippen molar-refractivity contribution in [3.8, 4) is 0 Å². The van der Waals surface area contributed by atoms with Gasteiger partial charge in [-0.1, -0.05) is 29.8 Å². The quantitative estimate of drug-likeness (QED) is 0.225. The highest BCUT2D eigenvalue weighted by molar-refractivity contribution is 7.70. The molecule has 3 heterocycles. The first-order chi connectivity index (χ1) is 17.1. The Morgan fingerprint density at radius 3 is 2.77 bits per heavy atom. The Balaban J connectivity index is 1.35. The zero-order chi connectivity index (χ0) is 24.2. The third kappa shape index (κ3) is 5.46. The lowest BCUT2D eigenvalue weighted by atomic mass is 10.2. The lowest BCUT2D eigenvalue weighted by Gasteiger charge is -2.26. The predicted molar refractivity (Wildman–Crippen MR) is 136 cm³/mol. The number of halogens is 1. The van der Waals surface area contributed by atoms with Crippen LogP contribution in [0.2, 0.25) is 5.02 Å². The molecule has 35 heavy (non-hydrogen) atoms. The van der Waals surface area contributed by atoms with Gasteiger partial charge in [-0.05, 0) is 29.8 Å². The van der Waals surface area contributed by atoms with Gasteiger partial charge in [-0.25, -0.2) is 18.1 Å². The van der Waals surface area contributed by atoms with Crippen molar-refractivity contribution >= 4 is 62.4 Å². The second-order valence-electron chi connectivity index (χ2n) is 7.80. The van der Waals surface area contributed by atoms with E-state index in [1.54, 1.807) is 0 Å². The minimum Gasteiger partial charge on any atom is -0.378 e.